The molecule has 1 aliphatic carbocycles. The van der Waals surface area contributed by atoms with Gasteiger partial charge < -0.3 is 14.7 Å². The molecule has 2 aliphatic heterocycles. The molecule has 0 aromatic heterocycles. The van der Waals surface area contributed by atoms with Crippen molar-refractivity contribution in [3.8, 4) is 0 Å². The van der Waals surface area contributed by atoms with Gasteiger partial charge in [-0.05, 0) is 44.4 Å². The number of nitrogens with zero attached hydrogens (tertiary/aromatic N) is 3. The Morgan fingerprint density at radius 1 is 0.893 bits per heavy atom. The van der Waals surface area contributed by atoms with E-state index < -0.39 is 0 Å². The zero-order chi connectivity index (χ0) is 20.1. The van der Waals surface area contributed by atoms with Crippen molar-refractivity contribution in [2.45, 2.75) is 77.2 Å². The molecule has 0 N–H and O–H groups in total. The highest BCUT2D eigenvalue weighted by Crippen LogP contribution is 2.33. The zero-order valence-corrected chi connectivity index (χ0v) is 17.7. The van der Waals surface area contributed by atoms with Crippen LogP contribution in [0.3, 0.4) is 0 Å². The number of hydrogen-bond acceptors (Lipinski definition) is 3. The first-order chi connectivity index (χ1) is 13.5. The van der Waals surface area contributed by atoms with E-state index in [2.05, 4.69) is 4.90 Å². The maximum atomic E-state index is 13.3. The summed E-state index contributed by atoms with van der Waals surface area (Å²) < 4.78 is 0. The first-order valence-electron chi connectivity index (χ1n) is 11.3. The Hall–Kier alpha value is -1.59. The standard InChI is InChI=1S/C22H37N3O3/c1-17(26)24-14-10-18(11-15-24)16-21(27)25-13-6-4-3-5-12-23(2)22(28)19-8-7-9-20(19)25/h18-20H,3-16H2,1-2H3/t19-,20+/m1/s1. The van der Waals surface area contributed by atoms with E-state index in [1.54, 1.807) is 6.92 Å². The molecule has 158 valence electrons. The largest absolute Gasteiger partial charge is 0.345 e. The van der Waals surface area contributed by atoms with Crippen LogP contribution in [0.4, 0.5) is 0 Å². The van der Waals surface area contributed by atoms with Gasteiger partial charge in [0.2, 0.25) is 17.7 Å². The van der Waals surface area contributed by atoms with Gasteiger partial charge in [-0.15, -0.1) is 0 Å². The minimum absolute atomic E-state index is 0.0217. The van der Waals surface area contributed by atoms with Crippen LogP contribution in [-0.4, -0.2) is 71.7 Å². The van der Waals surface area contributed by atoms with E-state index in [-0.39, 0.29) is 29.7 Å². The Kier molecular flexibility index (Phi) is 7.36. The molecule has 0 aromatic rings. The highest BCUT2D eigenvalue weighted by atomic mass is 16.2. The van der Waals surface area contributed by atoms with Gasteiger partial charge >= 0.3 is 0 Å². The predicted octanol–water partition coefficient (Wildman–Crippen LogP) is 2.66. The molecule has 28 heavy (non-hydrogen) atoms. The molecule has 2 saturated heterocycles. The fourth-order valence-corrected chi connectivity index (χ4v) is 5.27. The lowest BCUT2D eigenvalue weighted by Gasteiger charge is -2.36. The molecule has 1 saturated carbocycles. The second-order valence-corrected chi connectivity index (χ2v) is 9.02. The van der Waals surface area contributed by atoms with E-state index in [1.165, 1.54) is 0 Å². The summed E-state index contributed by atoms with van der Waals surface area (Å²) in [6.07, 6.45) is 9.64. The Bertz CT molecular complexity index is 571. The molecule has 3 aliphatic rings. The van der Waals surface area contributed by atoms with Crippen LogP contribution in [-0.2, 0) is 14.4 Å². The smallest absolute Gasteiger partial charge is 0.227 e. The van der Waals surface area contributed by atoms with Gasteiger partial charge in [0.15, 0.2) is 0 Å². The fraction of sp³-hybridized carbons (Fsp3) is 0.864. The fourth-order valence-electron chi connectivity index (χ4n) is 5.27. The van der Waals surface area contributed by atoms with Gasteiger partial charge in [-0.25, -0.2) is 0 Å². The lowest BCUT2D eigenvalue weighted by atomic mass is 9.92. The van der Waals surface area contributed by atoms with Crippen LogP contribution in [0.2, 0.25) is 0 Å². The lowest BCUT2D eigenvalue weighted by molar-refractivity contribution is -0.141. The summed E-state index contributed by atoms with van der Waals surface area (Å²) >= 11 is 0. The monoisotopic (exact) mass is 391 g/mol. The maximum Gasteiger partial charge on any atom is 0.227 e. The Balaban J connectivity index is 1.66. The number of amides is 3. The molecule has 0 bridgehead atoms. The van der Waals surface area contributed by atoms with Crippen molar-refractivity contribution in [3.05, 3.63) is 0 Å². The third-order valence-electron chi connectivity index (χ3n) is 7.06. The number of carbonyl (C=O) groups excluding carboxylic acids is 3. The molecule has 3 fully saturated rings. The molecule has 3 amide bonds. The number of carbonyl (C=O) groups is 3. The summed E-state index contributed by atoms with van der Waals surface area (Å²) in [5.74, 6) is 0.935. The van der Waals surface area contributed by atoms with Gasteiger partial charge in [0, 0.05) is 52.6 Å². The van der Waals surface area contributed by atoms with Crippen molar-refractivity contribution >= 4 is 17.7 Å². The van der Waals surface area contributed by atoms with Gasteiger partial charge in [0.1, 0.15) is 0 Å². The Morgan fingerprint density at radius 3 is 2.25 bits per heavy atom. The lowest BCUT2D eigenvalue weighted by Crippen LogP contribution is -2.48. The van der Waals surface area contributed by atoms with Gasteiger partial charge in [-0.3, -0.25) is 14.4 Å². The number of fused-ring (bicyclic) bond motifs is 1. The van der Waals surface area contributed by atoms with E-state index in [0.29, 0.717) is 12.3 Å². The second-order valence-electron chi connectivity index (χ2n) is 9.02. The van der Waals surface area contributed by atoms with Crippen LogP contribution >= 0.6 is 0 Å². The molecule has 6 heteroatoms. The van der Waals surface area contributed by atoms with E-state index in [0.717, 1.165) is 84.0 Å². The second kappa shape index (κ2) is 9.75. The average molecular weight is 392 g/mol. The summed E-state index contributed by atoms with van der Waals surface area (Å²) in [5.41, 5.74) is 0. The normalized spacial score (nSPS) is 28.1. The molecular formula is C22H37N3O3. The molecule has 0 unspecified atom stereocenters. The Morgan fingerprint density at radius 2 is 1.57 bits per heavy atom. The van der Waals surface area contributed by atoms with Crippen molar-refractivity contribution in [1.29, 1.82) is 0 Å². The molecule has 0 spiro atoms. The van der Waals surface area contributed by atoms with Crippen molar-refractivity contribution in [3.63, 3.8) is 0 Å². The van der Waals surface area contributed by atoms with Crippen LogP contribution in [0, 0.1) is 11.8 Å². The summed E-state index contributed by atoms with van der Waals surface area (Å²) in [6.45, 7) is 4.79. The minimum Gasteiger partial charge on any atom is -0.345 e. The van der Waals surface area contributed by atoms with E-state index >= 15 is 0 Å². The topological polar surface area (TPSA) is 60.9 Å². The van der Waals surface area contributed by atoms with Crippen LogP contribution in [0.1, 0.15) is 71.1 Å². The molecule has 0 radical (unpaired) electrons. The summed E-state index contributed by atoms with van der Waals surface area (Å²) in [4.78, 5) is 43.6. The van der Waals surface area contributed by atoms with Crippen LogP contribution in [0.15, 0.2) is 0 Å². The first-order valence-corrected chi connectivity index (χ1v) is 11.3. The highest BCUT2D eigenvalue weighted by Gasteiger charge is 2.40. The van der Waals surface area contributed by atoms with Crippen molar-refractivity contribution in [2.75, 3.05) is 33.2 Å². The first kappa shape index (κ1) is 21.1. The van der Waals surface area contributed by atoms with Gasteiger partial charge in [0.25, 0.3) is 0 Å². The van der Waals surface area contributed by atoms with Gasteiger partial charge in [-0.2, -0.15) is 0 Å². The van der Waals surface area contributed by atoms with Gasteiger partial charge in [0.05, 0.1) is 5.92 Å². The quantitative estimate of drug-likeness (QED) is 0.727. The molecule has 3 rings (SSSR count). The number of hydrogen-bond donors (Lipinski definition) is 0. The third-order valence-corrected chi connectivity index (χ3v) is 7.06. The molecule has 6 nitrogen and oxygen atoms in total. The summed E-state index contributed by atoms with van der Waals surface area (Å²) in [6, 6.07) is 0.0814. The van der Waals surface area contributed by atoms with Gasteiger partial charge in [-0.1, -0.05) is 19.3 Å². The maximum absolute atomic E-state index is 13.3. The van der Waals surface area contributed by atoms with E-state index in [9.17, 15) is 14.4 Å². The number of piperidine rings is 1. The van der Waals surface area contributed by atoms with Crippen molar-refractivity contribution in [2.24, 2.45) is 11.8 Å². The molecule has 2 heterocycles. The minimum atomic E-state index is -0.0217. The van der Waals surface area contributed by atoms with Crippen molar-refractivity contribution < 1.29 is 14.4 Å². The van der Waals surface area contributed by atoms with E-state index in [1.807, 2.05) is 16.8 Å². The third kappa shape index (κ3) is 5.06. The summed E-state index contributed by atoms with van der Waals surface area (Å²) in [5, 5.41) is 0. The van der Waals surface area contributed by atoms with Crippen LogP contribution in [0.5, 0.6) is 0 Å². The van der Waals surface area contributed by atoms with Crippen LogP contribution in [0.25, 0.3) is 0 Å². The zero-order valence-electron chi connectivity index (χ0n) is 17.7. The van der Waals surface area contributed by atoms with Crippen molar-refractivity contribution in [1.82, 2.24) is 14.7 Å². The van der Waals surface area contributed by atoms with Crippen LogP contribution < -0.4 is 0 Å². The molecule has 0 aromatic carbocycles. The van der Waals surface area contributed by atoms with E-state index in [4.69, 9.17) is 0 Å². The molecular weight excluding hydrogens is 354 g/mol. The number of rotatable bonds is 2. The SMILES string of the molecule is CC(=O)N1CCC(CC(=O)N2CCCCCCN(C)C(=O)[C@@H]3CCC[C@@H]32)CC1. The summed E-state index contributed by atoms with van der Waals surface area (Å²) in [7, 11) is 1.92. The average Bonchev–Trinajstić information content (AvgIpc) is 3.15. The number of likely N-dealkylation sites (tertiary alicyclic amines) is 1. The molecule has 2 atom stereocenters. The Labute approximate surface area is 169 Å². The highest BCUT2D eigenvalue weighted by molar-refractivity contribution is 5.82. The predicted molar refractivity (Wildman–Crippen MR) is 109 cm³/mol.